The van der Waals surface area contributed by atoms with Gasteiger partial charge in [-0.15, -0.1) is 0 Å². The Morgan fingerprint density at radius 1 is 1.31 bits per heavy atom. The summed E-state index contributed by atoms with van der Waals surface area (Å²) in [6.45, 7) is 8.95. The van der Waals surface area contributed by atoms with Crippen LogP contribution in [0.3, 0.4) is 0 Å². The van der Waals surface area contributed by atoms with Crippen molar-refractivity contribution >= 4 is 5.95 Å². The van der Waals surface area contributed by atoms with Gasteiger partial charge in [-0.2, -0.15) is 0 Å². The fourth-order valence-electron chi connectivity index (χ4n) is 1.43. The molecule has 1 aromatic heterocycles. The van der Waals surface area contributed by atoms with Crippen LogP contribution < -0.4 is 4.90 Å². The first-order valence-electron chi connectivity index (χ1n) is 5.86. The van der Waals surface area contributed by atoms with Crippen LogP contribution in [0.25, 0.3) is 0 Å². The minimum absolute atomic E-state index is 0.0405. The van der Waals surface area contributed by atoms with E-state index in [9.17, 15) is 5.11 Å². The molecule has 0 saturated carbocycles. The van der Waals surface area contributed by atoms with Gasteiger partial charge in [0.1, 0.15) is 6.73 Å². The Balaban J connectivity index is 3.12. The maximum absolute atomic E-state index is 9.22. The van der Waals surface area contributed by atoms with E-state index in [1.54, 1.807) is 4.90 Å². The number of rotatable bonds is 5. The van der Waals surface area contributed by atoms with Gasteiger partial charge in [0.25, 0.3) is 0 Å². The lowest BCUT2D eigenvalue weighted by Crippen LogP contribution is -2.26. The third-order valence-electron chi connectivity index (χ3n) is 2.58. The minimum atomic E-state index is -0.0405. The smallest absolute Gasteiger partial charge is 0.227 e. The van der Waals surface area contributed by atoms with E-state index >= 15 is 0 Å². The van der Waals surface area contributed by atoms with Crippen molar-refractivity contribution in [3.05, 3.63) is 17.5 Å². The van der Waals surface area contributed by atoms with Crippen LogP contribution in [0.4, 0.5) is 5.95 Å². The minimum Gasteiger partial charge on any atom is -0.376 e. The van der Waals surface area contributed by atoms with Crippen molar-refractivity contribution in [2.75, 3.05) is 18.2 Å². The molecule has 0 fully saturated rings. The molecule has 1 rings (SSSR count). The van der Waals surface area contributed by atoms with Crippen LogP contribution in [0.2, 0.25) is 0 Å². The summed E-state index contributed by atoms with van der Waals surface area (Å²) in [7, 11) is 0. The molecule has 0 amide bonds. The van der Waals surface area contributed by atoms with Gasteiger partial charge in [0.15, 0.2) is 0 Å². The molecular formula is C12H21N3O. The molecule has 0 saturated heterocycles. The van der Waals surface area contributed by atoms with Crippen molar-refractivity contribution in [2.45, 2.75) is 40.0 Å². The van der Waals surface area contributed by atoms with E-state index in [0.29, 0.717) is 18.4 Å². The molecular weight excluding hydrogens is 202 g/mol. The van der Waals surface area contributed by atoms with Crippen LogP contribution in [-0.4, -0.2) is 28.4 Å². The lowest BCUT2D eigenvalue weighted by Gasteiger charge is -2.19. The summed E-state index contributed by atoms with van der Waals surface area (Å²) in [5, 5.41) is 9.22. The second-order valence-electron chi connectivity index (χ2n) is 4.09. The Hall–Kier alpha value is -1.16. The van der Waals surface area contributed by atoms with Crippen LogP contribution >= 0.6 is 0 Å². The molecule has 0 aliphatic rings. The quantitative estimate of drug-likeness (QED) is 0.775. The second-order valence-corrected chi connectivity index (χ2v) is 4.09. The van der Waals surface area contributed by atoms with E-state index in [2.05, 4.69) is 30.7 Å². The monoisotopic (exact) mass is 223 g/mol. The lowest BCUT2D eigenvalue weighted by atomic mass is 10.1. The van der Waals surface area contributed by atoms with Crippen molar-refractivity contribution in [2.24, 2.45) is 0 Å². The van der Waals surface area contributed by atoms with Crippen LogP contribution in [0.15, 0.2) is 6.07 Å². The normalized spacial score (nSPS) is 10.9. The van der Waals surface area contributed by atoms with Gasteiger partial charge in [-0.05, 0) is 25.3 Å². The number of aliphatic hydroxyl groups excluding tert-OH is 1. The van der Waals surface area contributed by atoms with Gasteiger partial charge in [-0.25, -0.2) is 9.97 Å². The zero-order valence-electron chi connectivity index (χ0n) is 10.6. The highest BCUT2D eigenvalue weighted by Gasteiger charge is 2.11. The van der Waals surface area contributed by atoms with Crippen LogP contribution in [-0.2, 0) is 6.42 Å². The van der Waals surface area contributed by atoms with Gasteiger partial charge in [0.2, 0.25) is 5.95 Å². The first-order valence-corrected chi connectivity index (χ1v) is 5.86. The Bertz CT molecular complexity index is 335. The molecule has 1 heterocycles. The van der Waals surface area contributed by atoms with E-state index in [1.165, 1.54) is 0 Å². The van der Waals surface area contributed by atoms with E-state index in [1.807, 2.05) is 13.0 Å². The Morgan fingerprint density at radius 3 is 2.44 bits per heavy atom. The summed E-state index contributed by atoms with van der Waals surface area (Å²) < 4.78 is 0. The van der Waals surface area contributed by atoms with Crippen molar-refractivity contribution in [1.29, 1.82) is 0 Å². The van der Waals surface area contributed by atoms with Crippen LogP contribution in [0.5, 0.6) is 0 Å². The molecule has 1 N–H and O–H groups in total. The van der Waals surface area contributed by atoms with E-state index in [-0.39, 0.29) is 6.73 Å². The van der Waals surface area contributed by atoms with Crippen molar-refractivity contribution < 1.29 is 5.11 Å². The average molecular weight is 223 g/mol. The third-order valence-corrected chi connectivity index (χ3v) is 2.58. The molecule has 0 atom stereocenters. The molecule has 4 nitrogen and oxygen atoms in total. The predicted octanol–water partition coefficient (Wildman–Crippen LogP) is 1.94. The van der Waals surface area contributed by atoms with Gasteiger partial charge < -0.3 is 10.0 Å². The fourth-order valence-corrected chi connectivity index (χ4v) is 1.43. The van der Waals surface area contributed by atoms with Gasteiger partial charge in [0, 0.05) is 17.9 Å². The number of nitrogens with zero attached hydrogens (tertiary/aromatic N) is 3. The molecule has 0 aliphatic carbocycles. The summed E-state index contributed by atoms with van der Waals surface area (Å²) >= 11 is 0. The third kappa shape index (κ3) is 2.92. The van der Waals surface area contributed by atoms with Gasteiger partial charge in [0.05, 0.1) is 0 Å². The summed E-state index contributed by atoms with van der Waals surface area (Å²) in [4.78, 5) is 10.7. The maximum atomic E-state index is 9.22. The number of aliphatic hydroxyl groups is 1. The molecule has 0 unspecified atom stereocenters. The van der Waals surface area contributed by atoms with Gasteiger partial charge in [-0.1, -0.05) is 20.8 Å². The molecule has 0 bridgehead atoms. The highest BCUT2D eigenvalue weighted by atomic mass is 16.3. The molecule has 0 radical (unpaired) electrons. The van der Waals surface area contributed by atoms with E-state index in [0.717, 1.165) is 17.8 Å². The summed E-state index contributed by atoms with van der Waals surface area (Å²) in [6.07, 6.45) is 0.887. The predicted molar refractivity (Wildman–Crippen MR) is 65.6 cm³/mol. The van der Waals surface area contributed by atoms with Crippen molar-refractivity contribution in [3.8, 4) is 0 Å². The summed E-state index contributed by atoms with van der Waals surface area (Å²) in [5.41, 5.74) is 2.06. The van der Waals surface area contributed by atoms with Gasteiger partial charge in [-0.3, -0.25) is 0 Å². The fraction of sp³-hybridized carbons (Fsp3) is 0.667. The topological polar surface area (TPSA) is 49.2 Å². The largest absolute Gasteiger partial charge is 0.376 e. The molecule has 4 heteroatoms. The SMILES string of the molecule is CCc1cc(C(C)C)nc(N(CC)CO)n1. The number of aryl methyl sites for hydroxylation is 1. The Morgan fingerprint density at radius 2 is 2.00 bits per heavy atom. The average Bonchev–Trinajstić information content (AvgIpc) is 2.30. The zero-order chi connectivity index (χ0) is 12.1. The second kappa shape index (κ2) is 5.80. The molecule has 0 aliphatic heterocycles. The Kier molecular flexibility index (Phi) is 4.68. The number of hydrogen-bond donors (Lipinski definition) is 1. The number of anilines is 1. The maximum Gasteiger partial charge on any atom is 0.227 e. The van der Waals surface area contributed by atoms with Crippen LogP contribution in [0, 0.1) is 0 Å². The first-order chi connectivity index (χ1) is 7.62. The summed E-state index contributed by atoms with van der Waals surface area (Å²) in [5.74, 6) is 1.01. The van der Waals surface area contributed by atoms with E-state index < -0.39 is 0 Å². The number of aromatic nitrogens is 2. The molecule has 0 spiro atoms. The van der Waals surface area contributed by atoms with Gasteiger partial charge >= 0.3 is 0 Å². The molecule has 0 aromatic carbocycles. The Labute approximate surface area is 97.3 Å². The van der Waals surface area contributed by atoms with Crippen molar-refractivity contribution in [1.82, 2.24) is 9.97 Å². The number of hydrogen-bond acceptors (Lipinski definition) is 4. The zero-order valence-corrected chi connectivity index (χ0v) is 10.6. The highest BCUT2D eigenvalue weighted by Crippen LogP contribution is 2.17. The molecule has 16 heavy (non-hydrogen) atoms. The van der Waals surface area contributed by atoms with E-state index in [4.69, 9.17) is 0 Å². The first kappa shape index (κ1) is 12.9. The van der Waals surface area contributed by atoms with Crippen LogP contribution in [0.1, 0.15) is 45.0 Å². The standard InChI is InChI=1S/C12H21N3O/c1-5-10-7-11(9(3)4)14-12(13-10)15(6-2)8-16/h7,9,16H,5-6,8H2,1-4H3. The van der Waals surface area contributed by atoms with Crippen molar-refractivity contribution in [3.63, 3.8) is 0 Å². The molecule has 90 valence electrons. The summed E-state index contributed by atoms with van der Waals surface area (Å²) in [6, 6.07) is 2.04. The lowest BCUT2D eigenvalue weighted by molar-refractivity contribution is 0.290. The molecule has 1 aromatic rings. The highest BCUT2D eigenvalue weighted by molar-refractivity contribution is 5.32.